The molecule has 0 radical (unpaired) electrons. The lowest BCUT2D eigenvalue weighted by molar-refractivity contribution is -0.121. The summed E-state index contributed by atoms with van der Waals surface area (Å²) >= 11 is 9.21. The summed E-state index contributed by atoms with van der Waals surface area (Å²) in [6.45, 7) is 2.54. The summed E-state index contributed by atoms with van der Waals surface area (Å²) in [5.74, 6) is -0.603. The number of likely N-dealkylation sites (tertiary alicyclic amines) is 1. The number of anilines is 1. The van der Waals surface area contributed by atoms with Gasteiger partial charge < -0.3 is 5.32 Å². The Bertz CT molecular complexity index is 754. The average molecular weight is 426 g/mol. The van der Waals surface area contributed by atoms with Crippen molar-refractivity contribution < 1.29 is 9.18 Å². The molecular formula is C19H19BrClFN2O. The van der Waals surface area contributed by atoms with Gasteiger partial charge in [0.2, 0.25) is 5.91 Å². The standard InChI is InChI=1S/C19H19BrClFN2O/c20-15-5-3-13(4-6-15)11-24-9-1-2-14(12-24)19(25)23-16-7-8-18(22)17(21)10-16/h3-8,10,14H,1-2,9,11-12H2,(H,23,25). The van der Waals surface area contributed by atoms with E-state index in [-0.39, 0.29) is 16.8 Å². The zero-order valence-electron chi connectivity index (χ0n) is 13.6. The monoisotopic (exact) mass is 424 g/mol. The van der Waals surface area contributed by atoms with Crippen molar-refractivity contribution in [2.45, 2.75) is 19.4 Å². The summed E-state index contributed by atoms with van der Waals surface area (Å²) in [6.07, 6.45) is 1.84. The maximum absolute atomic E-state index is 13.2. The van der Waals surface area contributed by atoms with Gasteiger partial charge in [0, 0.05) is 23.2 Å². The molecule has 0 bridgehead atoms. The van der Waals surface area contributed by atoms with Crippen molar-refractivity contribution in [3.63, 3.8) is 0 Å². The van der Waals surface area contributed by atoms with Gasteiger partial charge in [-0.25, -0.2) is 4.39 Å². The number of carbonyl (C=O) groups excluding carboxylic acids is 1. The van der Waals surface area contributed by atoms with Crippen molar-refractivity contribution in [3.8, 4) is 0 Å². The van der Waals surface area contributed by atoms with E-state index in [4.69, 9.17) is 11.6 Å². The molecule has 0 saturated carbocycles. The van der Waals surface area contributed by atoms with Gasteiger partial charge >= 0.3 is 0 Å². The van der Waals surface area contributed by atoms with Crippen LogP contribution >= 0.6 is 27.5 Å². The number of nitrogens with one attached hydrogen (secondary N) is 1. The number of hydrogen-bond acceptors (Lipinski definition) is 2. The molecule has 2 aromatic carbocycles. The molecule has 2 aromatic rings. The second kappa shape index (κ2) is 8.30. The molecule has 1 fully saturated rings. The topological polar surface area (TPSA) is 32.3 Å². The minimum atomic E-state index is -0.488. The first-order valence-corrected chi connectivity index (χ1v) is 9.41. The summed E-state index contributed by atoms with van der Waals surface area (Å²) < 4.78 is 14.3. The van der Waals surface area contributed by atoms with Gasteiger partial charge in [-0.3, -0.25) is 9.69 Å². The van der Waals surface area contributed by atoms with Gasteiger partial charge in [-0.15, -0.1) is 0 Å². The largest absolute Gasteiger partial charge is 0.326 e. The van der Waals surface area contributed by atoms with Crippen LogP contribution in [-0.2, 0) is 11.3 Å². The van der Waals surface area contributed by atoms with E-state index in [1.807, 2.05) is 12.1 Å². The number of piperidine rings is 1. The highest BCUT2D eigenvalue weighted by molar-refractivity contribution is 9.10. The second-order valence-electron chi connectivity index (χ2n) is 6.32. The molecule has 0 aromatic heterocycles. The van der Waals surface area contributed by atoms with E-state index >= 15 is 0 Å². The Morgan fingerprint density at radius 1 is 1.28 bits per heavy atom. The molecule has 1 amide bonds. The van der Waals surface area contributed by atoms with E-state index in [0.717, 1.165) is 36.9 Å². The van der Waals surface area contributed by atoms with Crippen LogP contribution < -0.4 is 5.32 Å². The van der Waals surface area contributed by atoms with E-state index in [2.05, 4.69) is 38.3 Å². The molecule has 1 heterocycles. The van der Waals surface area contributed by atoms with Crippen LogP contribution in [0.5, 0.6) is 0 Å². The number of benzene rings is 2. The first kappa shape index (κ1) is 18.4. The highest BCUT2D eigenvalue weighted by Gasteiger charge is 2.26. The molecule has 1 aliphatic heterocycles. The normalized spacial score (nSPS) is 18.1. The highest BCUT2D eigenvalue weighted by atomic mass is 79.9. The van der Waals surface area contributed by atoms with Gasteiger partial charge in [-0.2, -0.15) is 0 Å². The Hall–Kier alpha value is -1.43. The maximum Gasteiger partial charge on any atom is 0.228 e. The molecule has 0 spiro atoms. The van der Waals surface area contributed by atoms with Gasteiger partial charge in [-0.1, -0.05) is 39.7 Å². The van der Waals surface area contributed by atoms with Gasteiger partial charge in [0.05, 0.1) is 10.9 Å². The van der Waals surface area contributed by atoms with Crippen molar-refractivity contribution in [2.24, 2.45) is 5.92 Å². The van der Waals surface area contributed by atoms with Crippen LogP contribution in [-0.4, -0.2) is 23.9 Å². The van der Waals surface area contributed by atoms with E-state index in [1.54, 1.807) is 0 Å². The van der Waals surface area contributed by atoms with E-state index in [0.29, 0.717) is 5.69 Å². The smallest absolute Gasteiger partial charge is 0.228 e. The van der Waals surface area contributed by atoms with Crippen molar-refractivity contribution in [1.29, 1.82) is 0 Å². The fourth-order valence-electron chi connectivity index (χ4n) is 3.08. The number of amides is 1. The van der Waals surface area contributed by atoms with Crippen LogP contribution in [0, 0.1) is 11.7 Å². The molecule has 25 heavy (non-hydrogen) atoms. The molecule has 3 nitrogen and oxygen atoms in total. The van der Waals surface area contributed by atoms with E-state index < -0.39 is 5.82 Å². The quantitative estimate of drug-likeness (QED) is 0.740. The highest BCUT2D eigenvalue weighted by Crippen LogP contribution is 2.23. The van der Waals surface area contributed by atoms with Crippen LogP contribution in [0.25, 0.3) is 0 Å². The summed E-state index contributed by atoms with van der Waals surface area (Å²) in [6, 6.07) is 12.5. The zero-order valence-corrected chi connectivity index (χ0v) is 16.0. The zero-order chi connectivity index (χ0) is 17.8. The van der Waals surface area contributed by atoms with Crippen LogP contribution in [0.3, 0.4) is 0 Å². The van der Waals surface area contributed by atoms with Crippen molar-refractivity contribution in [2.75, 3.05) is 18.4 Å². The molecular weight excluding hydrogens is 407 g/mol. The van der Waals surface area contributed by atoms with Gasteiger partial charge in [0.25, 0.3) is 0 Å². The molecule has 3 rings (SSSR count). The molecule has 1 aliphatic rings. The van der Waals surface area contributed by atoms with Crippen molar-refractivity contribution in [1.82, 2.24) is 4.90 Å². The fraction of sp³-hybridized carbons (Fsp3) is 0.316. The summed E-state index contributed by atoms with van der Waals surface area (Å²) in [4.78, 5) is 14.8. The Labute approximate surface area is 160 Å². The fourth-order valence-corrected chi connectivity index (χ4v) is 3.52. The maximum atomic E-state index is 13.2. The predicted octanol–water partition coefficient (Wildman–Crippen LogP) is 5.09. The molecule has 1 unspecified atom stereocenters. The number of halogens is 3. The minimum absolute atomic E-state index is 0.0123. The van der Waals surface area contributed by atoms with E-state index in [1.165, 1.54) is 23.8 Å². The Kier molecular flexibility index (Phi) is 6.10. The van der Waals surface area contributed by atoms with Crippen LogP contribution in [0.15, 0.2) is 46.9 Å². The van der Waals surface area contributed by atoms with Gasteiger partial charge in [0.1, 0.15) is 5.82 Å². The second-order valence-corrected chi connectivity index (χ2v) is 7.64. The molecule has 0 aliphatic carbocycles. The SMILES string of the molecule is O=C(Nc1ccc(F)c(Cl)c1)C1CCCN(Cc2ccc(Br)cc2)C1. The first-order chi connectivity index (χ1) is 12.0. The lowest BCUT2D eigenvalue weighted by Crippen LogP contribution is -2.40. The minimum Gasteiger partial charge on any atom is -0.326 e. The Morgan fingerprint density at radius 3 is 2.76 bits per heavy atom. The number of hydrogen-bond donors (Lipinski definition) is 1. The van der Waals surface area contributed by atoms with Gasteiger partial charge in [0.15, 0.2) is 0 Å². The summed E-state index contributed by atoms with van der Waals surface area (Å²) in [7, 11) is 0. The van der Waals surface area contributed by atoms with Gasteiger partial charge in [-0.05, 0) is 55.3 Å². The van der Waals surface area contributed by atoms with Crippen LogP contribution in [0.2, 0.25) is 5.02 Å². The first-order valence-electron chi connectivity index (χ1n) is 8.24. The number of nitrogens with zero attached hydrogens (tertiary/aromatic N) is 1. The molecule has 1 N–H and O–H groups in total. The van der Waals surface area contributed by atoms with Crippen LogP contribution in [0.4, 0.5) is 10.1 Å². The third-order valence-electron chi connectivity index (χ3n) is 4.38. The molecule has 1 saturated heterocycles. The average Bonchev–Trinajstić information content (AvgIpc) is 2.60. The van der Waals surface area contributed by atoms with E-state index in [9.17, 15) is 9.18 Å². The Balaban J connectivity index is 1.59. The predicted molar refractivity (Wildman–Crippen MR) is 102 cm³/mol. The number of rotatable bonds is 4. The third-order valence-corrected chi connectivity index (χ3v) is 5.20. The van der Waals surface area contributed by atoms with Crippen molar-refractivity contribution >= 4 is 39.1 Å². The third kappa shape index (κ3) is 5.03. The lowest BCUT2D eigenvalue weighted by atomic mass is 9.96. The summed E-state index contributed by atoms with van der Waals surface area (Å²) in [5, 5.41) is 2.86. The molecule has 6 heteroatoms. The lowest BCUT2D eigenvalue weighted by Gasteiger charge is -2.32. The summed E-state index contributed by atoms with van der Waals surface area (Å²) in [5.41, 5.74) is 1.76. The van der Waals surface area contributed by atoms with Crippen LogP contribution in [0.1, 0.15) is 18.4 Å². The Morgan fingerprint density at radius 2 is 2.04 bits per heavy atom. The molecule has 132 valence electrons. The molecule has 1 atom stereocenters. The van der Waals surface area contributed by atoms with Crippen molar-refractivity contribution in [3.05, 3.63) is 63.3 Å². The number of carbonyl (C=O) groups is 1.